The van der Waals surface area contributed by atoms with Crippen molar-refractivity contribution < 1.29 is 23.1 Å². The number of H-pyrrole nitrogens is 1. The number of hydrogen-bond donors (Lipinski definition) is 3. The molecule has 10 nitrogen and oxygen atoms in total. The zero-order valence-electron chi connectivity index (χ0n) is 31.5. The van der Waals surface area contributed by atoms with Gasteiger partial charge in [-0.25, -0.2) is 13.4 Å². The van der Waals surface area contributed by atoms with Crippen molar-refractivity contribution in [3.05, 3.63) is 159 Å². The van der Waals surface area contributed by atoms with Crippen LogP contribution in [0.5, 0.6) is 0 Å². The molecule has 0 fully saturated rings. The van der Waals surface area contributed by atoms with E-state index in [0.717, 1.165) is 37.5 Å². The Bertz CT molecular complexity index is 2540. The molecule has 1 amide bonds. The number of Topliss-reactive ketones (excluding diaryl/α,β-unsaturated/α-hetero) is 1. The Hall–Kier alpha value is -5.31. The predicted octanol–water partition coefficient (Wildman–Crippen LogP) is 8.26. The lowest BCUT2D eigenvalue weighted by atomic mass is 9.81. The van der Waals surface area contributed by atoms with Crippen LogP contribution in [0.25, 0.3) is 21.5 Å². The molecule has 0 radical (unpaired) electrons. The summed E-state index contributed by atoms with van der Waals surface area (Å²) in [7, 11) is -4.01. The normalized spacial score (nSPS) is 13.5. The number of nitrogens with one attached hydrogen (secondary N) is 2. The minimum atomic E-state index is -4.01. The van der Waals surface area contributed by atoms with Crippen LogP contribution < -0.4 is 5.32 Å². The van der Waals surface area contributed by atoms with E-state index in [4.69, 9.17) is 0 Å². The van der Waals surface area contributed by atoms with Gasteiger partial charge in [-0.1, -0.05) is 92.7 Å². The highest BCUT2D eigenvalue weighted by Gasteiger charge is 2.36. The van der Waals surface area contributed by atoms with Crippen LogP contribution in [0, 0.1) is 5.92 Å². The monoisotopic (exact) mass is 817 g/mol. The quantitative estimate of drug-likeness (QED) is 0.0839. The van der Waals surface area contributed by atoms with Crippen molar-refractivity contribution in [1.82, 2.24) is 24.8 Å². The first-order chi connectivity index (χ1) is 27.6. The Morgan fingerprint density at radius 3 is 2.30 bits per heavy atom. The number of benzene rings is 4. The summed E-state index contributed by atoms with van der Waals surface area (Å²) in [5, 5.41) is 21.4. The molecule has 0 aliphatic rings. The van der Waals surface area contributed by atoms with Gasteiger partial charge in [0.05, 0.1) is 51.2 Å². The van der Waals surface area contributed by atoms with Crippen LogP contribution in [0.2, 0.25) is 0 Å². The van der Waals surface area contributed by atoms with Gasteiger partial charge in [-0.05, 0) is 65.9 Å². The number of sulfonamides is 1. The predicted molar refractivity (Wildman–Crippen MR) is 226 cm³/mol. The Labute approximate surface area is 340 Å². The van der Waals surface area contributed by atoms with E-state index in [9.17, 15) is 23.1 Å². The number of carbonyl (C=O) groups is 2. The second-order valence-corrected chi connectivity index (χ2v) is 18.2. The third kappa shape index (κ3) is 8.98. The third-order valence-electron chi connectivity index (χ3n) is 9.83. The van der Waals surface area contributed by atoms with E-state index in [-0.39, 0.29) is 35.5 Å². The molecule has 0 aliphatic carbocycles. The van der Waals surface area contributed by atoms with Crippen molar-refractivity contribution in [2.75, 3.05) is 13.2 Å². The summed E-state index contributed by atoms with van der Waals surface area (Å²) in [5.74, 6) is -1.15. The standard InChI is InChI=1S/C44H43N5O5S3/c1-29(2)26-49(57(53,54)34-20-21-36-40(24-34)55-28-45-36)37(27-50)39-23-19-33(56-39)18-22-38(51)43(47-44(52)32-16-10-5-11-17-32)41(30-12-6-3-7-13-30)35-25-46-48-42(35)31-14-8-4-9-15-31/h3-17,19-21,23-25,28-29,37,41,43,50H,18,22,26-27H2,1-2H3,(H,46,48)(H,47,52). The summed E-state index contributed by atoms with van der Waals surface area (Å²) in [5.41, 5.74) is 6.10. The summed E-state index contributed by atoms with van der Waals surface area (Å²) in [6.45, 7) is 3.66. The van der Waals surface area contributed by atoms with E-state index < -0.39 is 34.6 Å². The minimum Gasteiger partial charge on any atom is -0.394 e. The van der Waals surface area contributed by atoms with Crippen LogP contribution in [-0.4, -0.2) is 63.9 Å². The number of aliphatic hydroxyl groups is 1. The first kappa shape index (κ1) is 39.9. The molecule has 0 spiro atoms. The van der Waals surface area contributed by atoms with Gasteiger partial charge in [-0.15, -0.1) is 22.7 Å². The second-order valence-electron chi connectivity index (χ2n) is 14.2. The van der Waals surface area contributed by atoms with Gasteiger partial charge in [0.1, 0.15) is 0 Å². The Kier molecular flexibility index (Phi) is 12.5. The number of thiophene rings is 1. The fourth-order valence-corrected chi connectivity index (χ4v) is 10.8. The molecule has 0 aliphatic heterocycles. The number of carbonyl (C=O) groups excluding carboxylic acids is 2. The molecular weight excluding hydrogens is 775 g/mol. The lowest BCUT2D eigenvalue weighted by molar-refractivity contribution is -0.121. The second kappa shape index (κ2) is 17.9. The fourth-order valence-electron chi connectivity index (χ4n) is 7.06. The highest BCUT2D eigenvalue weighted by molar-refractivity contribution is 7.89. The highest BCUT2D eigenvalue weighted by Crippen LogP contribution is 2.37. The maximum absolute atomic E-state index is 14.7. The van der Waals surface area contributed by atoms with Crippen molar-refractivity contribution >= 4 is 54.6 Å². The van der Waals surface area contributed by atoms with Crippen molar-refractivity contribution in [2.24, 2.45) is 5.92 Å². The van der Waals surface area contributed by atoms with E-state index in [0.29, 0.717) is 16.9 Å². The van der Waals surface area contributed by atoms with Crippen molar-refractivity contribution in [3.63, 3.8) is 0 Å². The highest BCUT2D eigenvalue weighted by atomic mass is 32.2. The maximum Gasteiger partial charge on any atom is 0.251 e. The summed E-state index contributed by atoms with van der Waals surface area (Å²) in [6.07, 6.45) is 2.16. The van der Waals surface area contributed by atoms with Gasteiger partial charge in [0.2, 0.25) is 10.0 Å². The van der Waals surface area contributed by atoms with Crippen LogP contribution in [0.15, 0.2) is 138 Å². The van der Waals surface area contributed by atoms with Gasteiger partial charge >= 0.3 is 0 Å². The van der Waals surface area contributed by atoms with Crippen LogP contribution in [0.3, 0.4) is 0 Å². The average Bonchev–Trinajstić information content (AvgIpc) is 4.02. The maximum atomic E-state index is 14.7. The molecule has 0 bridgehead atoms. The number of fused-ring (bicyclic) bond motifs is 1. The zero-order chi connectivity index (χ0) is 39.9. The zero-order valence-corrected chi connectivity index (χ0v) is 33.9. The number of aliphatic hydroxyl groups excluding tert-OH is 1. The number of aromatic amines is 1. The van der Waals surface area contributed by atoms with Gasteiger partial charge in [0.25, 0.3) is 5.91 Å². The largest absolute Gasteiger partial charge is 0.394 e. The molecule has 0 saturated carbocycles. The van der Waals surface area contributed by atoms with E-state index in [1.54, 1.807) is 54.2 Å². The van der Waals surface area contributed by atoms with Crippen molar-refractivity contribution in [1.29, 1.82) is 0 Å². The molecule has 3 heterocycles. The van der Waals surface area contributed by atoms with Crippen molar-refractivity contribution in [2.45, 2.75) is 49.6 Å². The molecule has 7 aromatic rings. The topological polar surface area (TPSA) is 145 Å². The SMILES string of the molecule is CC(C)CN(C(CO)c1ccc(CCC(=O)C(NC(=O)c2ccccc2)C(c2ccccc2)c2cn[nH]c2-c2ccccc2)s1)S(=O)(=O)c1ccc2ncsc2c1. The Balaban J connectivity index is 1.19. The van der Waals surface area contributed by atoms with Crippen LogP contribution in [0.1, 0.15) is 63.5 Å². The van der Waals surface area contributed by atoms with Gasteiger partial charge in [-0.2, -0.15) is 9.40 Å². The summed E-state index contributed by atoms with van der Waals surface area (Å²) < 4.78 is 30.6. The molecule has 7 rings (SSSR count). The summed E-state index contributed by atoms with van der Waals surface area (Å²) >= 11 is 2.75. The molecule has 4 aromatic carbocycles. The Morgan fingerprint density at radius 2 is 1.60 bits per heavy atom. The number of rotatable bonds is 17. The molecule has 13 heteroatoms. The van der Waals surface area contributed by atoms with Gasteiger partial charge < -0.3 is 10.4 Å². The lowest BCUT2D eigenvalue weighted by Gasteiger charge is -2.30. The fraction of sp³-hybridized carbons (Fsp3) is 0.227. The molecule has 3 atom stereocenters. The first-order valence-corrected chi connectivity index (χ1v) is 21.8. The average molecular weight is 818 g/mol. The lowest BCUT2D eigenvalue weighted by Crippen LogP contribution is -2.45. The molecule has 3 aromatic heterocycles. The van der Waals surface area contributed by atoms with Gasteiger partial charge in [0, 0.05) is 39.8 Å². The van der Waals surface area contributed by atoms with Crippen LogP contribution >= 0.6 is 22.7 Å². The number of amides is 1. The number of aryl methyl sites for hydroxylation is 1. The van der Waals surface area contributed by atoms with Crippen molar-refractivity contribution in [3.8, 4) is 11.3 Å². The van der Waals surface area contributed by atoms with Crippen LogP contribution in [0.4, 0.5) is 0 Å². The molecular formula is C44H43N5O5S3. The minimum absolute atomic E-state index is 0.0174. The summed E-state index contributed by atoms with van der Waals surface area (Å²) in [6, 6.07) is 35.0. The van der Waals surface area contributed by atoms with Gasteiger partial charge in [-0.3, -0.25) is 14.7 Å². The van der Waals surface area contributed by atoms with Crippen LogP contribution in [-0.2, 0) is 21.2 Å². The number of ketones is 1. The third-order valence-corrected chi connectivity index (χ3v) is 13.7. The number of hydrogen-bond acceptors (Lipinski definition) is 9. The first-order valence-electron chi connectivity index (χ1n) is 18.7. The Morgan fingerprint density at radius 1 is 0.895 bits per heavy atom. The molecule has 0 saturated heterocycles. The van der Waals surface area contributed by atoms with Gasteiger partial charge in [0.15, 0.2) is 5.78 Å². The number of nitrogens with zero attached hydrogens (tertiary/aromatic N) is 3. The molecule has 3 unspecified atom stereocenters. The summed E-state index contributed by atoms with van der Waals surface area (Å²) in [4.78, 5) is 34.4. The molecule has 57 heavy (non-hydrogen) atoms. The number of aromatic nitrogens is 3. The molecule has 292 valence electrons. The van der Waals surface area contributed by atoms with E-state index in [1.165, 1.54) is 27.0 Å². The van der Waals surface area contributed by atoms with E-state index in [1.807, 2.05) is 92.7 Å². The van der Waals surface area contributed by atoms with E-state index >= 15 is 0 Å². The smallest absolute Gasteiger partial charge is 0.251 e. The van der Waals surface area contributed by atoms with E-state index in [2.05, 4.69) is 20.5 Å². The number of thiazole rings is 1. The molecule has 3 N–H and O–H groups in total.